The Morgan fingerprint density at radius 3 is 2.85 bits per heavy atom. The average Bonchev–Trinajstić information content (AvgIpc) is 3.10. The van der Waals surface area contributed by atoms with Gasteiger partial charge in [0.1, 0.15) is 12.1 Å². The normalized spacial score (nSPS) is 17.3. The fourth-order valence-electron chi connectivity index (χ4n) is 3.54. The van der Waals surface area contributed by atoms with Crippen LogP contribution in [0.2, 0.25) is 0 Å². The van der Waals surface area contributed by atoms with Crippen molar-refractivity contribution in [2.24, 2.45) is 0 Å². The van der Waals surface area contributed by atoms with Crippen LogP contribution in [0.25, 0.3) is 0 Å². The van der Waals surface area contributed by atoms with Crippen LogP contribution in [0.1, 0.15) is 28.2 Å². The second-order valence-corrected chi connectivity index (χ2v) is 7.59. The standard InChI is InChI=1S/C18H23N5O2S/c1-13-16(26-12-21-13)2-3-17(24)23-5-4-14-15(10-23)19-11-20-18(14)22-6-8-25-9-7-22/h11-12H,2-10H2,1H3. The summed E-state index contributed by atoms with van der Waals surface area (Å²) in [4.78, 5) is 31.3. The number of aryl methyl sites for hydroxylation is 2. The highest BCUT2D eigenvalue weighted by Crippen LogP contribution is 2.26. The molecule has 0 unspecified atom stereocenters. The average molecular weight is 373 g/mol. The monoisotopic (exact) mass is 373 g/mol. The second-order valence-electron chi connectivity index (χ2n) is 6.65. The van der Waals surface area contributed by atoms with Crippen molar-refractivity contribution in [3.05, 3.63) is 33.7 Å². The molecule has 1 saturated heterocycles. The minimum Gasteiger partial charge on any atom is -0.378 e. The molecule has 2 aromatic heterocycles. The van der Waals surface area contributed by atoms with E-state index in [1.54, 1.807) is 17.7 Å². The van der Waals surface area contributed by atoms with E-state index in [-0.39, 0.29) is 5.91 Å². The zero-order valence-electron chi connectivity index (χ0n) is 15.0. The van der Waals surface area contributed by atoms with Crippen LogP contribution in [0.4, 0.5) is 5.82 Å². The highest BCUT2D eigenvalue weighted by molar-refractivity contribution is 7.09. The first kappa shape index (κ1) is 17.4. The summed E-state index contributed by atoms with van der Waals surface area (Å²) in [6.45, 7) is 6.51. The summed E-state index contributed by atoms with van der Waals surface area (Å²) in [7, 11) is 0. The molecule has 2 aromatic rings. The predicted octanol–water partition coefficient (Wildman–Crippen LogP) is 1.60. The lowest BCUT2D eigenvalue weighted by atomic mass is 10.0. The largest absolute Gasteiger partial charge is 0.378 e. The van der Waals surface area contributed by atoms with Crippen LogP contribution in [0.3, 0.4) is 0 Å². The Kier molecular flexibility index (Phi) is 5.12. The minimum atomic E-state index is 0.190. The molecule has 2 aliphatic rings. The Hall–Kier alpha value is -2.06. The molecule has 0 bridgehead atoms. The van der Waals surface area contributed by atoms with Gasteiger partial charge in [0.05, 0.1) is 36.7 Å². The van der Waals surface area contributed by atoms with E-state index < -0.39 is 0 Å². The number of morpholine rings is 1. The first-order valence-corrected chi connectivity index (χ1v) is 9.92. The number of hydrogen-bond acceptors (Lipinski definition) is 7. The van der Waals surface area contributed by atoms with Gasteiger partial charge in [-0.15, -0.1) is 11.3 Å². The third-order valence-corrected chi connectivity index (χ3v) is 6.05. The van der Waals surface area contributed by atoms with Crippen molar-refractivity contribution >= 4 is 23.1 Å². The van der Waals surface area contributed by atoms with Gasteiger partial charge in [0.2, 0.25) is 5.91 Å². The summed E-state index contributed by atoms with van der Waals surface area (Å²) < 4.78 is 5.44. The van der Waals surface area contributed by atoms with E-state index in [9.17, 15) is 4.79 Å². The molecule has 4 heterocycles. The number of fused-ring (bicyclic) bond motifs is 1. The number of nitrogens with zero attached hydrogens (tertiary/aromatic N) is 5. The maximum absolute atomic E-state index is 12.6. The van der Waals surface area contributed by atoms with Gasteiger partial charge in [-0.25, -0.2) is 15.0 Å². The zero-order chi connectivity index (χ0) is 17.9. The molecule has 2 aliphatic heterocycles. The number of carbonyl (C=O) groups excluding carboxylic acids is 1. The van der Waals surface area contributed by atoms with Crippen molar-refractivity contribution in [3.8, 4) is 0 Å². The number of carbonyl (C=O) groups is 1. The number of anilines is 1. The highest BCUT2D eigenvalue weighted by Gasteiger charge is 2.26. The van der Waals surface area contributed by atoms with Crippen LogP contribution >= 0.6 is 11.3 Å². The highest BCUT2D eigenvalue weighted by atomic mass is 32.1. The first-order chi connectivity index (χ1) is 12.7. The number of hydrogen-bond donors (Lipinski definition) is 0. The van der Waals surface area contributed by atoms with Crippen LogP contribution < -0.4 is 4.90 Å². The van der Waals surface area contributed by atoms with Crippen molar-refractivity contribution in [1.29, 1.82) is 0 Å². The van der Waals surface area contributed by atoms with E-state index in [4.69, 9.17) is 4.74 Å². The molecule has 7 nitrogen and oxygen atoms in total. The van der Waals surface area contributed by atoms with Crippen molar-refractivity contribution in [3.63, 3.8) is 0 Å². The van der Waals surface area contributed by atoms with E-state index in [0.29, 0.717) is 13.0 Å². The van der Waals surface area contributed by atoms with Crippen molar-refractivity contribution in [2.45, 2.75) is 32.7 Å². The van der Waals surface area contributed by atoms with E-state index in [1.165, 1.54) is 10.4 Å². The summed E-state index contributed by atoms with van der Waals surface area (Å²) in [5, 5.41) is 0. The fraction of sp³-hybridized carbons (Fsp3) is 0.556. The van der Waals surface area contributed by atoms with E-state index in [1.807, 2.05) is 17.3 Å². The Balaban J connectivity index is 1.42. The molecule has 1 fully saturated rings. The summed E-state index contributed by atoms with van der Waals surface area (Å²) >= 11 is 1.63. The Morgan fingerprint density at radius 1 is 1.23 bits per heavy atom. The van der Waals surface area contributed by atoms with Gasteiger partial charge < -0.3 is 14.5 Å². The van der Waals surface area contributed by atoms with Crippen LogP contribution in [-0.4, -0.2) is 58.6 Å². The summed E-state index contributed by atoms with van der Waals surface area (Å²) in [5.74, 6) is 1.21. The van der Waals surface area contributed by atoms with Crippen LogP contribution in [0.15, 0.2) is 11.8 Å². The molecule has 8 heteroatoms. The third-order valence-electron chi connectivity index (χ3n) is 5.06. The molecule has 4 rings (SSSR count). The maximum atomic E-state index is 12.6. The SMILES string of the molecule is Cc1ncsc1CCC(=O)N1CCc2c(ncnc2N2CCOCC2)C1. The molecule has 0 aliphatic carbocycles. The molecule has 0 aromatic carbocycles. The van der Waals surface area contributed by atoms with E-state index in [2.05, 4.69) is 19.9 Å². The quantitative estimate of drug-likeness (QED) is 0.811. The van der Waals surface area contributed by atoms with Crippen LogP contribution in [0, 0.1) is 6.92 Å². The van der Waals surface area contributed by atoms with E-state index >= 15 is 0 Å². The van der Waals surface area contributed by atoms with Gasteiger partial charge in [0.25, 0.3) is 0 Å². The van der Waals surface area contributed by atoms with Crippen molar-refractivity contribution in [1.82, 2.24) is 19.9 Å². The van der Waals surface area contributed by atoms with Gasteiger partial charge in [-0.1, -0.05) is 0 Å². The lowest BCUT2D eigenvalue weighted by molar-refractivity contribution is -0.132. The summed E-state index contributed by atoms with van der Waals surface area (Å²) in [5.41, 5.74) is 5.05. The minimum absolute atomic E-state index is 0.190. The van der Waals surface area contributed by atoms with Gasteiger partial charge in [-0.3, -0.25) is 4.79 Å². The molecule has 0 radical (unpaired) electrons. The molecule has 26 heavy (non-hydrogen) atoms. The van der Waals surface area contributed by atoms with E-state index in [0.717, 1.165) is 62.9 Å². The Bertz CT molecular complexity index is 788. The molecule has 138 valence electrons. The second kappa shape index (κ2) is 7.67. The lowest BCUT2D eigenvalue weighted by Crippen LogP contribution is -2.40. The topological polar surface area (TPSA) is 71.5 Å². The molecule has 0 atom stereocenters. The number of rotatable bonds is 4. The number of ether oxygens (including phenoxy) is 1. The summed E-state index contributed by atoms with van der Waals surface area (Å²) in [6, 6.07) is 0. The van der Waals surface area contributed by atoms with Gasteiger partial charge >= 0.3 is 0 Å². The first-order valence-electron chi connectivity index (χ1n) is 9.04. The van der Waals surface area contributed by atoms with Crippen molar-refractivity contribution in [2.75, 3.05) is 37.7 Å². The summed E-state index contributed by atoms with van der Waals surface area (Å²) in [6.07, 6.45) is 3.73. The molecule has 0 N–H and O–H groups in total. The smallest absolute Gasteiger partial charge is 0.223 e. The fourth-order valence-corrected chi connectivity index (χ4v) is 4.32. The maximum Gasteiger partial charge on any atom is 0.223 e. The van der Waals surface area contributed by atoms with Gasteiger partial charge in [0.15, 0.2) is 0 Å². The Morgan fingerprint density at radius 2 is 2.08 bits per heavy atom. The molecular weight excluding hydrogens is 350 g/mol. The molecule has 1 amide bonds. The number of thiazole rings is 1. The Labute approximate surface area is 157 Å². The number of aromatic nitrogens is 3. The zero-order valence-corrected chi connectivity index (χ0v) is 15.8. The predicted molar refractivity (Wildman–Crippen MR) is 99.4 cm³/mol. The molecular formula is C18H23N5O2S. The van der Waals surface area contributed by atoms with Gasteiger partial charge in [-0.05, 0) is 19.8 Å². The third kappa shape index (κ3) is 3.57. The number of amides is 1. The van der Waals surface area contributed by atoms with Crippen LogP contribution in [0.5, 0.6) is 0 Å². The van der Waals surface area contributed by atoms with Crippen molar-refractivity contribution < 1.29 is 9.53 Å². The van der Waals surface area contributed by atoms with Gasteiger partial charge in [-0.2, -0.15) is 0 Å². The lowest BCUT2D eigenvalue weighted by Gasteiger charge is -2.33. The van der Waals surface area contributed by atoms with Crippen LogP contribution in [-0.2, 0) is 28.9 Å². The van der Waals surface area contributed by atoms with Gasteiger partial charge in [0, 0.05) is 36.5 Å². The molecule has 0 saturated carbocycles. The molecule has 0 spiro atoms.